The number of halogens is 3. The van der Waals surface area contributed by atoms with E-state index in [0.717, 1.165) is 43.9 Å². The molecule has 6 aliphatic rings. The van der Waals surface area contributed by atoms with Crippen molar-refractivity contribution < 1.29 is 27.6 Å². The molecule has 6 atom stereocenters. The summed E-state index contributed by atoms with van der Waals surface area (Å²) in [4.78, 5) is 41.3. The lowest BCUT2D eigenvalue weighted by Gasteiger charge is -2.56. The van der Waals surface area contributed by atoms with Gasteiger partial charge in [-0.15, -0.1) is 0 Å². The number of nitrogens with zero attached hydrogens (tertiary/aromatic N) is 5. The van der Waals surface area contributed by atoms with Gasteiger partial charge in [0.1, 0.15) is 6.17 Å². The van der Waals surface area contributed by atoms with E-state index < -0.39 is 35.4 Å². The lowest BCUT2D eigenvalue weighted by Crippen LogP contribution is -2.59. The van der Waals surface area contributed by atoms with Crippen molar-refractivity contribution >= 4 is 29.1 Å². The molecular weight excluding hydrogens is 625 g/mol. The highest BCUT2D eigenvalue weighted by atomic mass is 19.3. The molecule has 3 aliphatic heterocycles. The van der Waals surface area contributed by atoms with E-state index in [1.807, 2.05) is 24.3 Å². The van der Waals surface area contributed by atoms with Gasteiger partial charge in [0.05, 0.1) is 29.8 Å². The Morgan fingerprint density at radius 2 is 1.92 bits per heavy atom. The number of hydrogen-bond donors (Lipinski definition) is 3. The summed E-state index contributed by atoms with van der Waals surface area (Å²) < 4.78 is 46.6. The van der Waals surface area contributed by atoms with Crippen molar-refractivity contribution in [2.75, 3.05) is 42.9 Å². The van der Waals surface area contributed by atoms with E-state index in [0.29, 0.717) is 48.5 Å². The molecule has 3 aliphatic carbocycles. The van der Waals surface area contributed by atoms with Crippen LogP contribution in [0.2, 0.25) is 0 Å². The molecular formula is C34H39F3N8O3. The number of amides is 3. The topological polar surface area (TPSA) is 128 Å². The average Bonchev–Trinajstić information content (AvgIpc) is 3.81. The molecule has 3 saturated heterocycles. The van der Waals surface area contributed by atoms with Gasteiger partial charge >= 0.3 is 0 Å². The van der Waals surface area contributed by atoms with Crippen LogP contribution < -0.4 is 15.5 Å². The number of aromatic amines is 1. The van der Waals surface area contributed by atoms with Crippen LogP contribution in [0.25, 0.3) is 0 Å². The molecule has 2 aromatic heterocycles. The van der Waals surface area contributed by atoms with E-state index in [9.17, 15) is 23.2 Å². The van der Waals surface area contributed by atoms with Gasteiger partial charge in [-0.3, -0.25) is 34.4 Å². The molecule has 14 heteroatoms. The molecule has 5 heterocycles. The van der Waals surface area contributed by atoms with Gasteiger partial charge in [-0.25, -0.2) is 13.2 Å². The maximum Gasteiger partial charge on any atom is 0.276 e. The highest BCUT2D eigenvalue weighted by Crippen LogP contribution is 2.67. The second-order valence-corrected chi connectivity index (χ2v) is 14.6. The maximum atomic E-state index is 15.5. The average molecular weight is 665 g/mol. The molecule has 2 bridgehead atoms. The van der Waals surface area contributed by atoms with Gasteiger partial charge in [-0.05, 0) is 49.3 Å². The standard InChI is InChI=1S/C34H39F3N8O3/c1-33-12-24(34(33,36)37)29-26(13-33)41-42-30(29)32(48)39-21-14-38-45(17-21)27-9-10-43(18-25(27)35)15-19-8-11-44(16-19)22-4-2-20(3-5-22)23-6-7-28(46)40-31(23)47/h2-5,14,17,19,23-25,27H,6-13,15-16,18H2,1H3,(H,39,48)(H,41,42)(H,40,46,47)/t19-,23?,24-,25+,27+,33+/m1/s1. The van der Waals surface area contributed by atoms with E-state index in [2.05, 4.69) is 35.7 Å². The normalized spacial score (nSPS) is 31.2. The molecule has 1 unspecified atom stereocenters. The number of nitrogens with one attached hydrogen (secondary N) is 3. The predicted octanol–water partition coefficient (Wildman–Crippen LogP) is 4.18. The summed E-state index contributed by atoms with van der Waals surface area (Å²) >= 11 is 0. The fourth-order valence-corrected chi connectivity index (χ4v) is 8.64. The van der Waals surface area contributed by atoms with Crippen LogP contribution in [0.5, 0.6) is 0 Å². The van der Waals surface area contributed by atoms with Crippen molar-refractivity contribution in [3.63, 3.8) is 0 Å². The number of anilines is 2. The van der Waals surface area contributed by atoms with Crippen LogP contribution in [0, 0.1) is 11.3 Å². The number of piperidine rings is 2. The van der Waals surface area contributed by atoms with Crippen LogP contribution in [0.3, 0.4) is 0 Å². The third-order valence-corrected chi connectivity index (χ3v) is 11.4. The van der Waals surface area contributed by atoms with Crippen molar-refractivity contribution in [3.05, 3.63) is 59.2 Å². The maximum absolute atomic E-state index is 15.5. The molecule has 9 rings (SSSR count). The number of carbonyl (C=O) groups excluding carboxylic acids is 3. The summed E-state index contributed by atoms with van der Waals surface area (Å²) in [7, 11) is 0. The summed E-state index contributed by atoms with van der Waals surface area (Å²) in [6.07, 6.45) is 4.83. The third kappa shape index (κ3) is 5.19. The van der Waals surface area contributed by atoms with Crippen molar-refractivity contribution in [1.82, 2.24) is 30.2 Å². The highest BCUT2D eigenvalue weighted by molar-refractivity contribution is 6.04. The first-order chi connectivity index (χ1) is 23.0. The van der Waals surface area contributed by atoms with Gasteiger partial charge in [-0.2, -0.15) is 10.2 Å². The predicted molar refractivity (Wildman–Crippen MR) is 170 cm³/mol. The number of aromatic nitrogens is 4. The van der Waals surface area contributed by atoms with Gasteiger partial charge in [0.25, 0.3) is 11.8 Å². The number of alkyl halides is 3. The largest absolute Gasteiger partial charge is 0.371 e. The quantitative estimate of drug-likeness (QED) is 0.324. The van der Waals surface area contributed by atoms with Crippen molar-refractivity contribution in [2.45, 2.75) is 75.4 Å². The summed E-state index contributed by atoms with van der Waals surface area (Å²) in [6, 6.07) is 7.55. The molecule has 3 amide bonds. The van der Waals surface area contributed by atoms with Gasteiger partial charge in [-0.1, -0.05) is 19.1 Å². The van der Waals surface area contributed by atoms with Gasteiger partial charge in [0.2, 0.25) is 11.8 Å². The smallest absolute Gasteiger partial charge is 0.276 e. The van der Waals surface area contributed by atoms with E-state index in [1.54, 1.807) is 17.8 Å². The van der Waals surface area contributed by atoms with Crippen LogP contribution in [0.1, 0.15) is 84.2 Å². The van der Waals surface area contributed by atoms with Crippen molar-refractivity contribution in [1.29, 1.82) is 0 Å². The Morgan fingerprint density at radius 1 is 1.10 bits per heavy atom. The summed E-state index contributed by atoms with van der Waals surface area (Å²) in [5.41, 5.74) is 2.15. The minimum absolute atomic E-state index is 0.0180. The van der Waals surface area contributed by atoms with Crippen molar-refractivity contribution in [2.24, 2.45) is 11.3 Å². The Labute approximate surface area is 275 Å². The second kappa shape index (κ2) is 11.5. The van der Waals surface area contributed by atoms with Crippen LogP contribution in [0.4, 0.5) is 24.5 Å². The van der Waals surface area contributed by atoms with E-state index in [-0.39, 0.29) is 36.4 Å². The summed E-state index contributed by atoms with van der Waals surface area (Å²) in [6.45, 7) is 5.15. The first-order valence-corrected chi connectivity index (χ1v) is 16.8. The summed E-state index contributed by atoms with van der Waals surface area (Å²) in [5, 5.41) is 16.4. The number of likely N-dealkylation sites (tertiary alicyclic amines) is 1. The Morgan fingerprint density at radius 3 is 2.67 bits per heavy atom. The molecule has 3 aromatic rings. The lowest BCUT2D eigenvalue weighted by molar-refractivity contribution is -0.221. The Kier molecular flexibility index (Phi) is 7.42. The number of rotatable bonds is 7. The highest BCUT2D eigenvalue weighted by Gasteiger charge is 2.70. The van der Waals surface area contributed by atoms with E-state index in [4.69, 9.17) is 0 Å². The summed E-state index contributed by atoms with van der Waals surface area (Å²) in [5.74, 6) is -4.83. The van der Waals surface area contributed by atoms with Crippen LogP contribution >= 0.6 is 0 Å². The lowest BCUT2D eigenvalue weighted by atomic mass is 9.51. The molecule has 48 heavy (non-hydrogen) atoms. The fraction of sp³-hybridized carbons (Fsp3) is 0.559. The Balaban J connectivity index is 0.831. The van der Waals surface area contributed by atoms with E-state index in [1.165, 1.54) is 6.20 Å². The molecule has 1 saturated carbocycles. The molecule has 11 nitrogen and oxygen atoms in total. The van der Waals surface area contributed by atoms with Crippen molar-refractivity contribution in [3.8, 4) is 0 Å². The zero-order valence-corrected chi connectivity index (χ0v) is 26.7. The first kappa shape index (κ1) is 31.1. The number of benzene rings is 1. The van der Waals surface area contributed by atoms with Gasteiger partial charge in [0, 0.05) is 74.1 Å². The number of H-pyrrole nitrogens is 1. The monoisotopic (exact) mass is 664 g/mol. The zero-order chi connectivity index (χ0) is 33.4. The van der Waals surface area contributed by atoms with E-state index >= 15 is 4.39 Å². The van der Waals surface area contributed by atoms with Gasteiger partial charge in [0.15, 0.2) is 5.69 Å². The zero-order valence-electron chi connectivity index (χ0n) is 26.7. The minimum atomic E-state index is -2.88. The van der Waals surface area contributed by atoms with Crippen LogP contribution in [-0.2, 0) is 16.0 Å². The fourth-order valence-electron chi connectivity index (χ4n) is 8.64. The van der Waals surface area contributed by atoms with Gasteiger partial charge < -0.3 is 10.2 Å². The number of carbonyl (C=O) groups is 3. The van der Waals surface area contributed by atoms with Crippen LogP contribution in [-0.4, -0.2) is 87.4 Å². The Hall–Kier alpha value is -4.20. The number of hydrogen-bond acceptors (Lipinski definition) is 7. The third-order valence-electron chi connectivity index (χ3n) is 11.4. The molecule has 4 fully saturated rings. The molecule has 254 valence electrons. The SMILES string of the molecule is C[C@@]12Cc3[nH]nc(C(=O)Nc4cnn([C@H]5CCN(C[C@H]6CCN(c7ccc(C8CCC(=O)NC8=O)cc7)C6)C[C@@H]5F)c4)c3[C@@H](C1)C2(F)F. The molecule has 0 spiro atoms. The molecule has 1 aromatic carbocycles. The second-order valence-electron chi connectivity index (χ2n) is 14.6. The van der Waals surface area contributed by atoms with Crippen LogP contribution in [0.15, 0.2) is 36.7 Å². The minimum Gasteiger partial charge on any atom is -0.371 e. The molecule has 0 radical (unpaired) electrons. The number of imide groups is 1. The Bertz CT molecular complexity index is 1760. The molecule has 3 N–H and O–H groups in total. The first-order valence-electron chi connectivity index (χ1n) is 16.8.